The largest absolute Gasteiger partial charge is 0.448 e. The van der Waals surface area contributed by atoms with Crippen LogP contribution in [0.4, 0.5) is 0 Å². The summed E-state index contributed by atoms with van der Waals surface area (Å²) in [5.74, 6) is 0.751. The maximum atomic E-state index is 9.91. The molecular formula is C8H12N2O2. The molecule has 66 valence electrons. The van der Waals surface area contributed by atoms with Crippen LogP contribution in [0, 0.1) is 0 Å². The molecule has 2 N–H and O–H groups in total. The Morgan fingerprint density at radius 3 is 3.25 bits per heavy atom. The van der Waals surface area contributed by atoms with Crippen LogP contribution >= 0.6 is 0 Å². The first kappa shape index (κ1) is 7.76. The summed E-state index contributed by atoms with van der Waals surface area (Å²) in [6.45, 7) is 1.53. The molecule has 0 aromatic carbocycles. The Balaban J connectivity index is 2.02. The van der Waals surface area contributed by atoms with E-state index in [-0.39, 0.29) is 0 Å². The fourth-order valence-electron chi connectivity index (χ4n) is 1.54. The normalized spacial score (nSPS) is 29.4. The van der Waals surface area contributed by atoms with E-state index in [4.69, 9.17) is 4.42 Å². The van der Waals surface area contributed by atoms with Crippen LogP contribution in [0.15, 0.2) is 17.0 Å². The molecule has 1 aromatic heterocycles. The van der Waals surface area contributed by atoms with Crippen LogP contribution in [0.25, 0.3) is 0 Å². The molecule has 1 unspecified atom stereocenters. The summed E-state index contributed by atoms with van der Waals surface area (Å²) in [5, 5.41) is 13.0. The van der Waals surface area contributed by atoms with E-state index in [0.717, 1.165) is 18.7 Å². The molecular weight excluding hydrogens is 156 g/mol. The molecule has 2 heterocycles. The molecule has 1 aliphatic heterocycles. The highest BCUT2D eigenvalue weighted by Crippen LogP contribution is 2.19. The van der Waals surface area contributed by atoms with Crippen molar-refractivity contribution in [3.63, 3.8) is 0 Å². The topological polar surface area (TPSA) is 58.3 Å². The summed E-state index contributed by atoms with van der Waals surface area (Å²) in [6, 6.07) is 0. The number of aliphatic hydroxyl groups is 1. The van der Waals surface area contributed by atoms with Crippen molar-refractivity contribution in [2.24, 2.45) is 0 Å². The van der Waals surface area contributed by atoms with Crippen LogP contribution in [-0.2, 0) is 6.42 Å². The van der Waals surface area contributed by atoms with Gasteiger partial charge in [0.25, 0.3) is 0 Å². The van der Waals surface area contributed by atoms with Crippen LogP contribution in [0.3, 0.4) is 0 Å². The molecule has 4 heteroatoms. The van der Waals surface area contributed by atoms with Gasteiger partial charge in [-0.25, -0.2) is 4.98 Å². The number of rotatable bonds is 2. The van der Waals surface area contributed by atoms with Crippen LogP contribution in [0.5, 0.6) is 0 Å². The van der Waals surface area contributed by atoms with Crippen LogP contribution in [0.1, 0.15) is 12.2 Å². The molecule has 12 heavy (non-hydrogen) atoms. The maximum Gasteiger partial charge on any atom is 0.180 e. The summed E-state index contributed by atoms with van der Waals surface area (Å²) >= 11 is 0. The second-order valence-electron chi connectivity index (χ2n) is 3.30. The first-order chi connectivity index (χ1) is 5.79. The van der Waals surface area contributed by atoms with E-state index < -0.39 is 5.60 Å². The molecule has 1 aliphatic rings. The van der Waals surface area contributed by atoms with Crippen LogP contribution in [0.2, 0.25) is 0 Å². The average molecular weight is 168 g/mol. The van der Waals surface area contributed by atoms with E-state index in [1.807, 2.05) is 0 Å². The zero-order valence-electron chi connectivity index (χ0n) is 6.79. The number of nitrogens with one attached hydrogen (secondary N) is 1. The third-order valence-electron chi connectivity index (χ3n) is 2.21. The van der Waals surface area contributed by atoms with Gasteiger partial charge in [0.05, 0.1) is 11.8 Å². The lowest BCUT2D eigenvalue weighted by atomic mass is 9.98. The summed E-state index contributed by atoms with van der Waals surface area (Å²) in [7, 11) is 0. The SMILES string of the molecule is OC1(Cc2cnco2)CCNC1. The van der Waals surface area contributed by atoms with Crippen molar-refractivity contribution in [2.75, 3.05) is 13.1 Å². The minimum absolute atomic E-state index is 0.556. The zero-order chi connectivity index (χ0) is 8.44. The smallest absolute Gasteiger partial charge is 0.180 e. The van der Waals surface area contributed by atoms with E-state index in [1.165, 1.54) is 6.39 Å². The molecule has 0 bridgehead atoms. The van der Waals surface area contributed by atoms with E-state index in [9.17, 15) is 5.11 Å². The predicted octanol–water partition coefficient (Wildman–Crippen LogP) is -0.0585. The Labute approximate surface area is 70.6 Å². The molecule has 1 fully saturated rings. The van der Waals surface area contributed by atoms with Crippen LogP contribution in [-0.4, -0.2) is 28.8 Å². The fourth-order valence-corrected chi connectivity index (χ4v) is 1.54. The molecule has 1 saturated heterocycles. The van der Waals surface area contributed by atoms with Gasteiger partial charge in [0.2, 0.25) is 0 Å². The third-order valence-corrected chi connectivity index (χ3v) is 2.21. The number of hydrogen-bond acceptors (Lipinski definition) is 4. The monoisotopic (exact) mass is 168 g/mol. The molecule has 0 saturated carbocycles. The molecule has 1 aromatic rings. The van der Waals surface area contributed by atoms with Gasteiger partial charge < -0.3 is 14.8 Å². The quantitative estimate of drug-likeness (QED) is 0.649. The molecule has 0 spiro atoms. The maximum absolute atomic E-state index is 9.91. The van der Waals surface area contributed by atoms with Crippen LogP contribution < -0.4 is 5.32 Å². The van der Waals surface area contributed by atoms with Gasteiger partial charge >= 0.3 is 0 Å². The van der Waals surface area contributed by atoms with Gasteiger partial charge in [-0.1, -0.05) is 0 Å². The third kappa shape index (κ3) is 1.49. The van der Waals surface area contributed by atoms with Gasteiger partial charge in [0.1, 0.15) is 5.76 Å². The van der Waals surface area contributed by atoms with E-state index in [2.05, 4.69) is 10.3 Å². The summed E-state index contributed by atoms with van der Waals surface area (Å²) in [6.07, 6.45) is 4.38. The summed E-state index contributed by atoms with van der Waals surface area (Å²) < 4.78 is 5.06. The highest BCUT2D eigenvalue weighted by molar-refractivity contribution is 5.00. The molecule has 2 rings (SSSR count). The van der Waals surface area contributed by atoms with Gasteiger partial charge in [0, 0.05) is 13.0 Å². The zero-order valence-corrected chi connectivity index (χ0v) is 6.79. The number of hydrogen-bond donors (Lipinski definition) is 2. The van der Waals surface area contributed by atoms with E-state index in [1.54, 1.807) is 6.20 Å². The first-order valence-corrected chi connectivity index (χ1v) is 4.09. The van der Waals surface area contributed by atoms with E-state index >= 15 is 0 Å². The van der Waals surface area contributed by atoms with Crippen molar-refractivity contribution in [1.82, 2.24) is 10.3 Å². The summed E-state index contributed by atoms with van der Waals surface area (Å²) in [4.78, 5) is 3.80. The number of aromatic nitrogens is 1. The molecule has 0 radical (unpaired) electrons. The lowest BCUT2D eigenvalue weighted by Crippen LogP contribution is -2.33. The molecule has 0 aliphatic carbocycles. The fraction of sp³-hybridized carbons (Fsp3) is 0.625. The number of nitrogens with zero attached hydrogens (tertiary/aromatic N) is 1. The Bertz CT molecular complexity index is 240. The predicted molar refractivity (Wildman–Crippen MR) is 42.6 cm³/mol. The molecule has 0 amide bonds. The van der Waals surface area contributed by atoms with Crippen molar-refractivity contribution < 1.29 is 9.52 Å². The summed E-state index contributed by atoms with van der Waals surface area (Å²) in [5.41, 5.74) is -0.625. The van der Waals surface area contributed by atoms with Crippen molar-refractivity contribution in [3.05, 3.63) is 18.4 Å². The first-order valence-electron chi connectivity index (χ1n) is 4.09. The minimum atomic E-state index is -0.625. The standard InChI is InChI=1S/C8H12N2O2/c11-8(1-2-9-5-8)3-7-4-10-6-12-7/h4,6,9,11H,1-3,5H2. The average Bonchev–Trinajstić information content (AvgIpc) is 2.62. The minimum Gasteiger partial charge on any atom is -0.448 e. The van der Waals surface area contributed by atoms with Crippen molar-refractivity contribution >= 4 is 0 Å². The van der Waals surface area contributed by atoms with Gasteiger partial charge in [-0.2, -0.15) is 0 Å². The van der Waals surface area contributed by atoms with Gasteiger partial charge in [-0.05, 0) is 13.0 Å². The van der Waals surface area contributed by atoms with E-state index in [0.29, 0.717) is 13.0 Å². The van der Waals surface area contributed by atoms with Gasteiger partial charge in [-0.3, -0.25) is 0 Å². The Morgan fingerprint density at radius 1 is 1.75 bits per heavy atom. The Morgan fingerprint density at radius 2 is 2.67 bits per heavy atom. The highest BCUT2D eigenvalue weighted by Gasteiger charge is 2.32. The molecule has 1 atom stereocenters. The molecule has 4 nitrogen and oxygen atoms in total. The van der Waals surface area contributed by atoms with Gasteiger partial charge in [-0.15, -0.1) is 0 Å². The second-order valence-corrected chi connectivity index (χ2v) is 3.30. The van der Waals surface area contributed by atoms with Crippen molar-refractivity contribution in [3.8, 4) is 0 Å². The number of β-amino-alcohol motifs (C(OH)–C–C–N with tert-alkyl or cyclic N) is 1. The lowest BCUT2D eigenvalue weighted by molar-refractivity contribution is 0.0565. The van der Waals surface area contributed by atoms with Crippen molar-refractivity contribution in [2.45, 2.75) is 18.4 Å². The lowest BCUT2D eigenvalue weighted by Gasteiger charge is -2.18. The van der Waals surface area contributed by atoms with Gasteiger partial charge in [0.15, 0.2) is 6.39 Å². The second kappa shape index (κ2) is 2.88. The van der Waals surface area contributed by atoms with Crippen molar-refractivity contribution in [1.29, 1.82) is 0 Å². The Hall–Kier alpha value is -0.870. The highest BCUT2D eigenvalue weighted by atomic mass is 16.3. The Kier molecular flexibility index (Phi) is 1.86. The number of oxazole rings is 1.